The molecule has 5 heteroatoms. The maximum Gasteiger partial charge on any atom is 0.324 e. The number of hydrogen-bond donors (Lipinski definition) is 0. The van der Waals surface area contributed by atoms with Gasteiger partial charge in [0.15, 0.2) is 0 Å². The zero-order valence-electron chi connectivity index (χ0n) is 9.00. The van der Waals surface area contributed by atoms with Crippen molar-refractivity contribution in [3.05, 3.63) is 28.8 Å². The van der Waals surface area contributed by atoms with Gasteiger partial charge in [0.05, 0.1) is 14.2 Å². The molecule has 3 nitrogen and oxygen atoms in total. The van der Waals surface area contributed by atoms with E-state index < -0.39 is 11.3 Å². The van der Waals surface area contributed by atoms with Gasteiger partial charge in [0.25, 0.3) is 0 Å². The monoisotopic (exact) mass is 262 g/mol. The average Bonchev–Trinajstić information content (AvgIpc) is 2.30. The van der Waals surface area contributed by atoms with Gasteiger partial charge in [-0.1, -0.05) is 11.6 Å². The molecule has 16 heavy (non-hydrogen) atoms. The minimum atomic E-state index is -0.741. The predicted molar refractivity (Wildman–Crippen MR) is 63.4 cm³/mol. The first-order valence-corrected chi connectivity index (χ1v) is 5.44. The Bertz CT molecular complexity index is 379. The molecule has 0 spiro atoms. The highest BCUT2D eigenvalue weighted by Gasteiger charge is 2.18. The van der Waals surface area contributed by atoms with E-state index in [1.807, 2.05) is 0 Å². The first-order chi connectivity index (χ1) is 7.58. The van der Waals surface area contributed by atoms with Crippen LogP contribution in [0.1, 0.15) is 5.56 Å². The second-order valence-electron chi connectivity index (χ2n) is 3.15. The quantitative estimate of drug-likeness (QED) is 0.618. The summed E-state index contributed by atoms with van der Waals surface area (Å²) >= 11 is 11.8. The molecular weight excluding hydrogens is 251 g/mol. The van der Waals surface area contributed by atoms with Crippen LogP contribution in [0.15, 0.2) is 18.2 Å². The van der Waals surface area contributed by atoms with Gasteiger partial charge in [-0.05, 0) is 23.8 Å². The van der Waals surface area contributed by atoms with Crippen LogP contribution in [0.25, 0.3) is 0 Å². The molecule has 0 aliphatic carbocycles. The number of alkyl halides is 1. The SMILES string of the molecule is COC(=O)C(Cl)Cc1cc(OC)ccc1Cl. The van der Waals surface area contributed by atoms with E-state index in [4.69, 9.17) is 27.9 Å². The summed E-state index contributed by atoms with van der Waals surface area (Å²) in [6.07, 6.45) is 0.310. The molecule has 0 aliphatic heterocycles. The predicted octanol–water partition coefficient (Wildman–Crippen LogP) is 2.67. The number of carbonyl (C=O) groups is 1. The molecule has 0 aliphatic rings. The molecule has 0 radical (unpaired) electrons. The zero-order valence-corrected chi connectivity index (χ0v) is 10.5. The molecule has 0 aromatic heterocycles. The van der Waals surface area contributed by atoms with Crippen LogP contribution in [0.4, 0.5) is 0 Å². The Morgan fingerprint density at radius 1 is 1.44 bits per heavy atom. The fraction of sp³-hybridized carbons (Fsp3) is 0.364. The minimum Gasteiger partial charge on any atom is -0.497 e. The van der Waals surface area contributed by atoms with Crippen molar-refractivity contribution in [1.82, 2.24) is 0 Å². The number of rotatable bonds is 4. The highest BCUT2D eigenvalue weighted by molar-refractivity contribution is 6.32. The first kappa shape index (κ1) is 13.1. The van der Waals surface area contributed by atoms with Gasteiger partial charge >= 0.3 is 5.97 Å². The number of esters is 1. The van der Waals surface area contributed by atoms with Crippen molar-refractivity contribution in [2.24, 2.45) is 0 Å². The Balaban J connectivity index is 2.83. The van der Waals surface area contributed by atoms with E-state index >= 15 is 0 Å². The summed E-state index contributed by atoms with van der Waals surface area (Å²) < 4.78 is 9.60. The van der Waals surface area contributed by atoms with Crippen LogP contribution >= 0.6 is 23.2 Å². The molecular formula is C11H12Cl2O3. The molecule has 1 aromatic carbocycles. The molecule has 0 fully saturated rings. The number of ether oxygens (including phenoxy) is 2. The Kier molecular flexibility index (Phi) is 4.90. The van der Waals surface area contributed by atoms with E-state index in [1.165, 1.54) is 7.11 Å². The van der Waals surface area contributed by atoms with Crippen molar-refractivity contribution in [2.45, 2.75) is 11.8 Å². The van der Waals surface area contributed by atoms with E-state index in [0.717, 1.165) is 5.56 Å². The molecule has 1 atom stereocenters. The number of halogens is 2. The maximum absolute atomic E-state index is 11.2. The third-order valence-corrected chi connectivity index (χ3v) is 2.81. The Morgan fingerprint density at radius 3 is 2.69 bits per heavy atom. The van der Waals surface area contributed by atoms with E-state index in [0.29, 0.717) is 17.2 Å². The third-order valence-electron chi connectivity index (χ3n) is 2.11. The van der Waals surface area contributed by atoms with Crippen molar-refractivity contribution in [3.63, 3.8) is 0 Å². The second kappa shape index (κ2) is 5.97. The lowest BCUT2D eigenvalue weighted by molar-refractivity contribution is -0.140. The highest BCUT2D eigenvalue weighted by Crippen LogP contribution is 2.24. The highest BCUT2D eigenvalue weighted by atomic mass is 35.5. The second-order valence-corrected chi connectivity index (χ2v) is 4.09. The average molecular weight is 263 g/mol. The molecule has 0 heterocycles. The number of benzene rings is 1. The topological polar surface area (TPSA) is 35.5 Å². The van der Waals surface area contributed by atoms with Gasteiger partial charge in [-0.2, -0.15) is 0 Å². The van der Waals surface area contributed by atoms with Gasteiger partial charge in [-0.3, -0.25) is 4.79 Å². The van der Waals surface area contributed by atoms with Crippen molar-refractivity contribution < 1.29 is 14.3 Å². The van der Waals surface area contributed by atoms with E-state index in [9.17, 15) is 4.79 Å². The van der Waals surface area contributed by atoms with Crippen LogP contribution in [0.2, 0.25) is 5.02 Å². The van der Waals surface area contributed by atoms with Gasteiger partial charge in [-0.25, -0.2) is 0 Å². The fourth-order valence-corrected chi connectivity index (χ4v) is 1.69. The smallest absolute Gasteiger partial charge is 0.324 e. The molecule has 0 N–H and O–H groups in total. The third kappa shape index (κ3) is 3.29. The van der Waals surface area contributed by atoms with Crippen LogP contribution in [0.3, 0.4) is 0 Å². The van der Waals surface area contributed by atoms with Crippen LogP contribution in [-0.2, 0) is 16.0 Å². The van der Waals surface area contributed by atoms with E-state index in [2.05, 4.69) is 4.74 Å². The summed E-state index contributed by atoms with van der Waals surface area (Å²) in [5, 5.41) is -0.190. The summed E-state index contributed by atoms with van der Waals surface area (Å²) in [5.74, 6) is 0.202. The standard InChI is InChI=1S/C11H12Cl2O3/c1-15-8-3-4-9(12)7(5-8)6-10(13)11(14)16-2/h3-5,10H,6H2,1-2H3. The minimum absolute atomic E-state index is 0.310. The van der Waals surface area contributed by atoms with E-state index in [1.54, 1.807) is 25.3 Å². The Labute approximate surface area is 104 Å². The molecule has 0 bridgehead atoms. The number of hydrogen-bond acceptors (Lipinski definition) is 3. The van der Waals surface area contributed by atoms with Crippen molar-refractivity contribution >= 4 is 29.2 Å². The lowest BCUT2D eigenvalue weighted by Crippen LogP contribution is -2.18. The molecule has 0 amide bonds. The van der Waals surface area contributed by atoms with Crippen LogP contribution in [-0.4, -0.2) is 25.6 Å². The van der Waals surface area contributed by atoms with Crippen LogP contribution in [0, 0.1) is 0 Å². The van der Waals surface area contributed by atoms with Gasteiger partial charge in [-0.15, -0.1) is 11.6 Å². The van der Waals surface area contributed by atoms with Crippen LogP contribution in [0.5, 0.6) is 5.75 Å². The summed E-state index contributed by atoms with van der Waals surface area (Å²) in [5.41, 5.74) is 0.756. The Morgan fingerprint density at radius 2 is 2.12 bits per heavy atom. The van der Waals surface area contributed by atoms with Crippen molar-refractivity contribution in [2.75, 3.05) is 14.2 Å². The number of carbonyl (C=O) groups excluding carboxylic acids is 1. The molecule has 1 rings (SSSR count). The largest absolute Gasteiger partial charge is 0.497 e. The molecule has 0 saturated carbocycles. The molecule has 1 unspecified atom stereocenters. The van der Waals surface area contributed by atoms with Crippen molar-refractivity contribution in [3.8, 4) is 5.75 Å². The van der Waals surface area contributed by atoms with Gasteiger partial charge in [0, 0.05) is 11.4 Å². The van der Waals surface area contributed by atoms with Gasteiger partial charge in [0.1, 0.15) is 11.1 Å². The normalized spacial score (nSPS) is 12.0. The summed E-state index contributed by atoms with van der Waals surface area (Å²) in [4.78, 5) is 11.2. The maximum atomic E-state index is 11.2. The summed E-state index contributed by atoms with van der Waals surface area (Å²) in [7, 11) is 2.86. The van der Waals surface area contributed by atoms with Crippen LogP contribution < -0.4 is 4.74 Å². The zero-order chi connectivity index (χ0) is 12.1. The summed E-state index contributed by atoms with van der Waals surface area (Å²) in [6.45, 7) is 0. The summed E-state index contributed by atoms with van der Waals surface area (Å²) in [6, 6.07) is 5.20. The number of methoxy groups -OCH3 is 2. The lowest BCUT2D eigenvalue weighted by Gasteiger charge is -2.10. The fourth-order valence-electron chi connectivity index (χ4n) is 1.24. The van der Waals surface area contributed by atoms with E-state index in [-0.39, 0.29) is 0 Å². The van der Waals surface area contributed by atoms with Crippen molar-refractivity contribution in [1.29, 1.82) is 0 Å². The lowest BCUT2D eigenvalue weighted by atomic mass is 10.1. The molecule has 88 valence electrons. The van der Waals surface area contributed by atoms with Gasteiger partial charge in [0.2, 0.25) is 0 Å². The first-order valence-electron chi connectivity index (χ1n) is 4.62. The Hall–Kier alpha value is -0.930. The van der Waals surface area contributed by atoms with Gasteiger partial charge < -0.3 is 9.47 Å². The molecule has 0 saturated heterocycles. The molecule has 1 aromatic rings.